The zero-order valence-electron chi connectivity index (χ0n) is 11.3. The Morgan fingerprint density at radius 1 is 1.00 bits per heavy atom. The van der Waals surface area contributed by atoms with Crippen molar-refractivity contribution in [3.8, 4) is 11.5 Å². The molecule has 0 fully saturated rings. The van der Waals surface area contributed by atoms with E-state index in [-0.39, 0.29) is 5.56 Å². The van der Waals surface area contributed by atoms with Gasteiger partial charge in [-0.1, -0.05) is 18.2 Å². The molecule has 0 aliphatic carbocycles. The van der Waals surface area contributed by atoms with Gasteiger partial charge in [0, 0.05) is 12.0 Å². The van der Waals surface area contributed by atoms with Crippen LogP contribution in [-0.2, 0) is 0 Å². The molecule has 3 nitrogen and oxygen atoms in total. The van der Waals surface area contributed by atoms with Gasteiger partial charge in [-0.25, -0.2) is 8.78 Å². The average molecular weight is 291 g/mol. The van der Waals surface area contributed by atoms with E-state index in [1.165, 1.54) is 12.1 Å². The lowest BCUT2D eigenvalue weighted by Crippen LogP contribution is -2.14. The second-order valence-electron chi connectivity index (χ2n) is 4.88. The highest BCUT2D eigenvalue weighted by atomic mass is 19.2. The third kappa shape index (κ3) is 2.69. The topological polar surface area (TPSA) is 44.5 Å². The second-order valence-corrected chi connectivity index (χ2v) is 4.88. The summed E-state index contributed by atoms with van der Waals surface area (Å²) in [6.07, 6.45) is 0.800. The molecule has 1 unspecified atom stereocenters. The Labute approximate surface area is 121 Å². The Morgan fingerprint density at radius 3 is 2.57 bits per heavy atom. The second kappa shape index (κ2) is 5.69. The Hall–Kier alpha value is -2.14. The molecule has 0 radical (unpaired) electrons. The van der Waals surface area contributed by atoms with Crippen LogP contribution in [-0.4, -0.2) is 13.2 Å². The number of benzene rings is 2. The van der Waals surface area contributed by atoms with Crippen LogP contribution >= 0.6 is 0 Å². The van der Waals surface area contributed by atoms with E-state index < -0.39 is 17.7 Å². The van der Waals surface area contributed by atoms with E-state index in [0.717, 1.165) is 12.5 Å². The fraction of sp³-hybridized carbons (Fsp3) is 0.250. The normalized spacial score (nSPS) is 15.4. The van der Waals surface area contributed by atoms with Crippen molar-refractivity contribution in [3.05, 3.63) is 59.2 Å². The summed E-state index contributed by atoms with van der Waals surface area (Å²) in [5.74, 6) is -0.602. The van der Waals surface area contributed by atoms with Gasteiger partial charge in [0.25, 0.3) is 0 Å². The molecule has 0 saturated heterocycles. The van der Waals surface area contributed by atoms with Crippen molar-refractivity contribution in [1.29, 1.82) is 0 Å². The van der Waals surface area contributed by atoms with Crippen LogP contribution in [0.1, 0.15) is 23.6 Å². The first-order valence-corrected chi connectivity index (χ1v) is 6.76. The minimum absolute atomic E-state index is 0.115. The Morgan fingerprint density at radius 2 is 1.76 bits per heavy atom. The third-order valence-corrected chi connectivity index (χ3v) is 3.45. The van der Waals surface area contributed by atoms with Crippen molar-refractivity contribution in [1.82, 2.24) is 0 Å². The van der Waals surface area contributed by atoms with Gasteiger partial charge in [-0.05, 0) is 23.8 Å². The number of halogens is 2. The third-order valence-electron chi connectivity index (χ3n) is 3.45. The first-order chi connectivity index (χ1) is 10.2. The molecular weight excluding hydrogens is 276 g/mol. The molecule has 0 aromatic heterocycles. The number of hydrogen-bond acceptors (Lipinski definition) is 3. The maximum atomic E-state index is 13.8. The van der Waals surface area contributed by atoms with E-state index in [2.05, 4.69) is 0 Å². The zero-order chi connectivity index (χ0) is 14.8. The fourth-order valence-corrected chi connectivity index (χ4v) is 2.31. The summed E-state index contributed by atoms with van der Waals surface area (Å²) in [7, 11) is 0. The van der Waals surface area contributed by atoms with Crippen LogP contribution in [0.2, 0.25) is 0 Å². The van der Waals surface area contributed by atoms with Crippen molar-refractivity contribution >= 4 is 0 Å². The summed E-state index contributed by atoms with van der Waals surface area (Å²) in [5.41, 5.74) is 6.81. The van der Waals surface area contributed by atoms with E-state index in [1.54, 1.807) is 18.2 Å². The summed E-state index contributed by atoms with van der Waals surface area (Å²) in [4.78, 5) is 0. The van der Waals surface area contributed by atoms with Crippen molar-refractivity contribution in [3.63, 3.8) is 0 Å². The zero-order valence-corrected chi connectivity index (χ0v) is 11.3. The first-order valence-electron chi connectivity index (χ1n) is 6.76. The lowest BCUT2D eigenvalue weighted by Gasteiger charge is -2.16. The quantitative estimate of drug-likeness (QED) is 0.924. The number of nitrogens with two attached hydrogens (primary N) is 1. The monoisotopic (exact) mass is 291 g/mol. The van der Waals surface area contributed by atoms with Gasteiger partial charge >= 0.3 is 0 Å². The predicted molar refractivity (Wildman–Crippen MR) is 74.4 cm³/mol. The SMILES string of the molecule is NC(c1ccc2c(c1)OCCCO2)c1cccc(F)c1F. The van der Waals surface area contributed by atoms with Crippen LogP contribution in [0.25, 0.3) is 0 Å². The molecular formula is C16H15F2NO2. The summed E-state index contributed by atoms with van der Waals surface area (Å²) < 4.78 is 38.3. The molecule has 0 spiro atoms. The lowest BCUT2D eigenvalue weighted by molar-refractivity contribution is 0.297. The molecule has 1 aliphatic rings. The number of ether oxygens (including phenoxy) is 2. The molecule has 1 atom stereocenters. The smallest absolute Gasteiger partial charge is 0.163 e. The molecule has 5 heteroatoms. The summed E-state index contributed by atoms with van der Waals surface area (Å²) in [6, 6.07) is 8.42. The molecule has 1 aliphatic heterocycles. The number of hydrogen-bond donors (Lipinski definition) is 1. The van der Waals surface area contributed by atoms with Gasteiger partial charge < -0.3 is 15.2 Å². The van der Waals surface area contributed by atoms with Crippen molar-refractivity contribution in [2.24, 2.45) is 5.73 Å². The van der Waals surface area contributed by atoms with Crippen LogP contribution in [0.3, 0.4) is 0 Å². The van der Waals surface area contributed by atoms with Crippen LogP contribution in [0.5, 0.6) is 11.5 Å². The molecule has 0 saturated carbocycles. The predicted octanol–water partition coefficient (Wildman–Crippen LogP) is 3.17. The minimum Gasteiger partial charge on any atom is -0.490 e. The van der Waals surface area contributed by atoms with Gasteiger partial charge in [0.1, 0.15) is 0 Å². The van der Waals surface area contributed by atoms with Gasteiger partial charge in [0.05, 0.1) is 19.3 Å². The van der Waals surface area contributed by atoms with Crippen molar-refractivity contribution < 1.29 is 18.3 Å². The molecule has 1 heterocycles. The van der Waals surface area contributed by atoms with Crippen LogP contribution in [0, 0.1) is 11.6 Å². The van der Waals surface area contributed by atoms with E-state index in [4.69, 9.17) is 15.2 Å². The summed E-state index contributed by atoms with van der Waals surface area (Å²) >= 11 is 0. The van der Waals surface area contributed by atoms with E-state index >= 15 is 0 Å². The molecule has 0 bridgehead atoms. The fourth-order valence-electron chi connectivity index (χ4n) is 2.31. The van der Waals surface area contributed by atoms with Gasteiger partial charge in [-0.15, -0.1) is 0 Å². The number of fused-ring (bicyclic) bond motifs is 1. The molecule has 110 valence electrons. The molecule has 2 N–H and O–H groups in total. The first kappa shape index (κ1) is 13.8. The van der Waals surface area contributed by atoms with E-state index in [0.29, 0.717) is 30.3 Å². The molecule has 3 rings (SSSR count). The standard InChI is InChI=1S/C16H15F2NO2/c17-12-4-1-3-11(15(12)18)16(19)10-5-6-13-14(9-10)21-8-2-7-20-13/h1,3-6,9,16H,2,7-8,19H2. The van der Waals surface area contributed by atoms with Crippen molar-refractivity contribution in [2.75, 3.05) is 13.2 Å². The highest BCUT2D eigenvalue weighted by Gasteiger charge is 2.19. The van der Waals surface area contributed by atoms with E-state index in [9.17, 15) is 8.78 Å². The summed E-state index contributed by atoms with van der Waals surface area (Å²) in [5, 5.41) is 0. The van der Waals surface area contributed by atoms with Crippen LogP contribution < -0.4 is 15.2 Å². The Kier molecular flexibility index (Phi) is 3.75. The average Bonchev–Trinajstić information content (AvgIpc) is 2.74. The molecule has 2 aromatic carbocycles. The Bertz CT molecular complexity index is 661. The molecule has 0 amide bonds. The van der Waals surface area contributed by atoms with Crippen molar-refractivity contribution in [2.45, 2.75) is 12.5 Å². The highest BCUT2D eigenvalue weighted by molar-refractivity contribution is 5.46. The largest absolute Gasteiger partial charge is 0.490 e. The van der Waals surface area contributed by atoms with Gasteiger partial charge in [-0.3, -0.25) is 0 Å². The minimum atomic E-state index is -0.919. The molecule has 21 heavy (non-hydrogen) atoms. The summed E-state index contributed by atoms with van der Waals surface area (Å²) in [6.45, 7) is 1.15. The van der Waals surface area contributed by atoms with Gasteiger partial charge in [0.2, 0.25) is 0 Å². The highest BCUT2D eigenvalue weighted by Crippen LogP contribution is 2.34. The molecule has 2 aromatic rings. The van der Waals surface area contributed by atoms with Crippen LogP contribution in [0.15, 0.2) is 36.4 Å². The van der Waals surface area contributed by atoms with E-state index in [1.807, 2.05) is 0 Å². The van der Waals surface area contributed by atoms with Gasteiger partial charge in [-0.2, -0.15) is 0 Å². The lowest BCUT2D eigenvalue weighted by atomic mass is 9.98. The van der Waals surface area contributed by atoms with Gasteiger partial charge in [0.15, 0.2) is 23.1 Å². The maximum Gasteiger partial charge on any atom is 0.163 e. The number of rotatable bonds is 2. The maximum absolute atomic E-state index is 13.8. The van der Waals surface area contributed by atoms with Crippen LogP contribution in [0.4, 0.5) is 8.78 Å². The Balaban J connectivity index is 1.96.